The minimum atomic E-state index is -0.419. The van der Waals surface area contributed by atoms with Crippen LogP contribution in [-0.2, 0) is 4.79 Å². The summed E-state index contributed by atoms with van der Waals surface area (Å²) in [5.74, 6) is -0.0480. The Balaban J connectivity index is 1.83. The number of benzene rings is 1. The van der Waals surface area contributed by atoms with Crippen molar-refractivity contribution in [3.05, 3.63) is 30.3 Å². The highest BCUT2D eigenvalue weighted by atomic mass is 16.2. The molecule has 1 aliphatic rings. The van der Waals surface area contributed by atoms with Crippen molar-refractivity contribution in [1.82, 2.24) is 5.32 Å². The second-order valence-electron chi connectivity index (χ2n) is 4.89. The van der Waals surface area contributed by atoms with Crippen molar-refractivity contribution in [1.29, 1.82) is 0 Å². The maximum atomic E-state index is 11.5. The third-order valence-corrected chi connectivity index (χ3v) is 3.38. The fourth-order valence-corrected chi connectivity index (χ4v) is 2.25. The standard InChI is InChI=1S/C14H21N3O/c1-11(15)14(18)16-12-7-9-17(10-8-12)13-5-3-2-4-6-13/h2-6,11-12H,7-10,15H2,1H3,(H,16,18). The summed E-state index contributed by atoms with van der Waals surface area (Å²) in [5.41, 5.74) is 6.81. The molecule has 1 aliphatic heterocycles. The molecule has 1 heterocycles. The fraction of sp³-hybridized carbons (Fsp3) is 0.500. The van der Waals surface area contributed by atoms with Gasteiger partial charge in [-0.05, 0) is 31.9 Å². The first-order chi connectivity index (χ1) is 8.66. The van der Waals surface area contributed by atoms with Gasteiger partial charge in [-0.15, -0.1) is 0 Å². The van der Waals surface area contributed by atoms with E-state index in [0.29, 0.717) is 0 Å². The predicted octanol–water partition coefficient (Wildman–Crippen LogP) is 1.12. The number of carbonyl (C=O) groups excluding carboxylic acids is 1. The molecule has 4 heteroatoms. The highest BCUT2D eigenvalue weighted by molar-refractivity contribution is 5.81. The number of anilines is 1. The van der Waals surface area contributed by atoms with Gasteiger partial charge in [-0.3, -0.25) is 4.79 Å². The molecule has 0 saturated carbocycles. The minimum absolute atomic E-state index is 0.0480. The van der Waals surface area contributed by atoms with Gasteiger partial charge in [0.1, 0.15) is 0 Å². The van der Waals surface area contributed by atoms with Crippen molar-refractivity contribution in [2.45, 2.75) is 31.8 Å². The third kappa shape index (κ3) is 3.23. The molecule has 0 radical (unpaired) electrons. The fourth-order valence-electron chi connectivity index (χ4n) is 2.25. The Kier molecular flexibility index (Phi) is 4.20. The molecular formula is C14H21N3O. The maximum Gasteiger partial charge on any atom is 0.236 e. The lowest BCUT2D eigenvalue weighted by Crippen LogP contribution is -2.48. The van der Waals surface area contributed by atoms with E-state index in [4.69, 9.17) is 5.73 Å². The van der Waals surface area contributed by atoms with E-state index in [1.54, 1.807) is 6.92 Å². The number of carbonyl (C=O) groups is 1. The van der Waals surface area contributed by atoms with Crippen LogP contribution < -0.4 is 16.0 Å². The van der Waals surface area contributed by atoms with Gasteiger partial charge in [0.25, 0.3) is 0 Å². The summed E-state index contributed by atoms with van der Waals surface area (Å²) in [6, 6.07) is 10.2. The molecule has 1 aromatic carbocycles. The Hall–Kier alpha value is -1.55. The molecule has 0 bridgehead atoms. The van der Waals surface area contributed by atoms with Gasteiger partial charge in [0.2, 0.25) is 5.91 Å². The van der Waals surface area contributed by atoms with Gasteiger partial charge < -0.3 is 16.0 Å². The van der Waals surface area contributed by atoms with E-state index in [-0.39, 0.29) is 11.9 Å². The van der Waals surface area contributed by atoms with Crippen LogP contribution in [-0.4, -0.2) is 31.1 Å². The molecule has 1 saturated heterocycles. The quantitative estimate of drug-likeness (QED) is 0.841. The average Bonchev–Trinajstić information content (AvgIpc) is 2.40. The van der Waals surface area contributed by atoms with Crippen LogP contribution in [0.1, 0.15) is 19.8 Å². The molecule has 1 atom stereocenters. The van der Waals surface area contributed by atoms with E-state index in [1.807, 2.05) is 6.07 Å². The van der Waals surface area contributed by atoms with E-state index in [1.165, 1.54) is 5.69 Å². The molecule has 1 amide bonds. The van der Waals surface area contributed by atoms with Gasteiger partial charge in [-0.25, -0.2) is 0 Å². The Morgan fingerprint density at radius 3 is 2.50 bits per heavy atom. The molecule has 4 nitrogen and oxygen atoms in total. The van der Waals surface area contributed by atoms with Crippen molar-refractivity contribution in [2.75, 3.05) is 18.0 Å². The number of para-hydroxylation sites is 1. The predicted molar refractivity (Wildman–Crippen MR) is 73.5 cm³/mol. The second-order valence-corrected chi connectivity index (χ2v) is 4.89. The third-order valence-electron chi connectivity index (χ3n) is 3.38. The lowest BCUT2D eigenvalue weighted by atomic mass is 10.0. The van der Waals surface area contributed by atoms with Crippen LogP contribution in [0, 0.1) is 0 Å². The van der Waals surface area contributed by atoms with E-state index in [0.717, 1.165) is 25.9 Å². The van der Waals surface area contributed by atoms with Crippen LogP contribution in [0.15, 0.2) is 30.3 Å². The molecule has 0 spiro atoms. The van der Waals surface area contributed by atoms with Gasteiger partial charge >= 0.3 is 0 Å². The van der Waals surface area contributed by atoms with Crippen LogP contribution in [0.5, 0.6) is 0 Å². The van der Waals surface area contributed by atoms with Crippen LogP contribution in [0.2, 0.25) is 0 Å². The first kappa shape index (κ1) is 12.9. The molecule has 2 rings (SSSR count). The first-order valence-electron chi connectivity index (χ1n) is 6.53. The molecule has 1 unspecified atom stereocenters. The number of hydrogen-bond donors (Lipinski definition) is 2. The van der Waals surface area contributed by atoms with Gasteiger partial charge in [-0.1, -0.05) is 18.2 Å². The van der Waals surface area contributed by atoms with Gasteiger partial charge in [-0.2, -0.15) is 0 Å². The number of nitrogens with two attached hydrogens (primary N) is 1. The topological polar surface area (TPSA) is 58.4 Å². The molecule has 1 aromatic rings. The molecule has 1 fully saturated rings. The van der Waals surface area contributed by atoms with Crippen molar-refractivity contribution >= 4 is 11.6 Å². The highest BCUT2D eigenvalue weighted by Gasteiger charge is 2.21. The molecule has 3 N–H and O–H groups in total. The summed E-state index contributed by atoms with van der Waals surface area (Å²) in [7, 11) is 0. The Morgan fingerprint density at radius 1 is 1.33 bits per heavy atom. The van der Waals surface area contributed by atoms with Crippen molar-refractivity contribution in [3.63, 3.8) is 0 Å². The molecule has 98 valence electrons. The van der Waals surface area contributed by atoms with Crippen molar-refractivity contribution in [3.8, 4) is 0 Å². The number of nitrogens with zero attached hydrogens (tertiary/aromatic N) is 1. The Bertz CT molecular complexity index is 383. The van der Waals surface area contributed by atoms with E-state index in [9.17, 15) is 4.79 Å². The molecule has 0 aromatic heterocycles. The largest absolute Gasteiger partial charge is 0.371 e. The number of hydrogen-bond acceptors (Lipinski definition) is 3. The van der Waals surface area contributed by atoms with Crippen LogP contribution in [0.25, 0.3) is 0 Å². The smallest absolute Gasteiger partial charge is 0.236 e. The number of nitrogens with one attached hydrogen (secondary N) is 1. The highest BCUT2D eigenvalue weighted by Crippen LogP contribution is 2.19. The zero-order valence-corrected chi connectivity index (χ0v) is 10.8. The van der Waals surface area contributed by atoms with Gasteiger partial charge in [0, 0.05) is 24.8 Å². The van der Waals surface area contributed by atoms with Crippen molar-refractivity contribution < 1.29 is 4.79 Å². The van der Waals surface area contributed by atoms with Crippen LogP contribution in [0.4, 0.5) is 5.69 Å². The Morgan fingerprint density at radius 2 is 1.94 bits per heavy atom. The normalized spacial score (nSPS) is 18.4. The summed E-state index contributed by atoms with van der Waals surface area (Å²) in [6.45, 7) is 3.68. The number of amides is 1. The monoisotopic (exact) mass is 247 g/mol. The summed E-state index contributed by atoms with van der Waals surface area (Å²) in [5, 5.41) is 3.00. The zero-order valence-electron chi connectivity index (χ0n) is 10.8. The average molecular weight is 247 g/mol. The molecular weight excluding hydrogens is 226 g/mol. The van der Waals surface area contributed by atoms with E-state index >= 15 is 0 Å². The molecule has 18 heavy (non-hydrogen) atoms. The lowest BCUT2D eigenvalue weighted by molar-refractivity contribution is -0.122. The Labute approximate surface area is 108 Å². The van der Waals surface area contributed by atoms with Gasteiger partial charge in [0.15, 0.2) is 0 Å². The SMILES string of the molecule is CC(N)C(=O)NC1CCN(c2ccccc2)CC1. The minimum Gasteiger partial charge on any atom is -0.371 e. The second kappa shape index (κ2) is 5.87. The van der Waals surface area contributed by atoms with Gasteiger partial charge in [0.05, 0.1) is 6.04 Å². The number of rotatable bonds is 3. The van der Waals surface area contributed by atoms with Crippen LogP contribution >= 0.6 is 0 Å². The van der Waals surface area contributed by atoms with E-state index in [2.05, 4.69) is 34.5 Å². The summed E-state index contributed by atoms with van der Waals surface area (Å²) in [6.07, 6.45) is 1.96. The summed E-state index contributed by atoms with van der Waals surface area (Å²) >= 11 is 0. The first-order valence-corrected chi connectivity index (χ1v) is 6.53. The van der Waals surface area contributed by atoms with E-state index < -0.39 is 6.04 Å². The number of piperidine rings is 1. The lowest BCUT2D eigenvalue weighted by Gasteiger charge is -2.34. The van der Waals surface area contributed by atoms with Crippen molar-refractivity contribution in [2.24, 2.45) is 5.73 Å². The summed E-state index contributed by atoms with van der Waals surface area (Å²) in [4.78, 5) is 13.9. The summed E-state index contributed by atoms with van der Waals surface area (Å²) < 4.78 is 0. The molecule has 0 aliphatic carbocycles. The maximum absolute atomic E-state index is 11.5. The zero-order chi connectivity index (χ0) is 13.0. The van der Waals surface area contributed by atoms with Crippen LogP contribution in [0.3, 0.4) is 0 Å².